The van der Waals surface area contributed by atoms with E-state index in [1.54, 1.807) is 4.90 Å². The van der Waals surface area contributed by atoms with Crippen LogP contribution < -0.4 is 15.5 Å². The standard InChI is InChI=1S/C18H28N4O.C11H19NO4/c1-21(2)17-9-12-22(13-17)16-5-3-15(4-6-16)20-18(23)14-7-10-19-11-8-14;1-11(2,3)16-10(15)12-6-4-8(5-7-12)9(13)14/h3-6,14,17,19H,7-13H2,1-2H3,(H,20,23);8H,4-7H2,1-3H3,(H,13,14). The molecule has 2 amide bonds. The summed E-state index contributed by atoms with van der Waals surface area (Å²) in [5, 5.41) is 15.2. The van der Waals surface area contributed by atoms with Gasteiger partial charge in [0.2, 0.25) is 5.91 Å². The average molecular weight is 546 g/mol. The SMILES string of the molecule is CC(C)(C)OC(=O)N1CCC(C(=O)O)CC1.CN(C)C1CCN(c2ccc(NC(=O)C3CCNCC3)cc2)C1. The minimum absolute atomic E-state index is 0.148. The van der Waals surface area contributed by atoms with Gasteiger partial charge < -0.3 is 35.2 Å². The van der Waals surface area contributed by atoms with Crippen LogP contribution in [0.25, 0.3) is 0 Å². The third-order valence-electron chi connectivity index (χ3n) is 7.60. The molecule has 3 heterocycles. The molecule has 0 spiro atoms. The molecule has 3 aliphatic rings. The van der Waals surface area contributed by atoms with E-state index in [9.17, 15) is 14.4 Å². The lowest BCUT2D eigenvalue weighted by Gasteiger charge is -2.32. The summed E-state index contributed by atoms with van der Waals surface area (Å²) in [4.78, 5) is 40.9. The van der Waals surface area contributed by atoms with Crippen LogP contribution in [0.4, 0.5) is 16.2 Å². The van der Waals surface area contributed by atoms with Gasteiger partial charge in [0, 0.05) is 49.5 Å². The van der Waals surface area contributed by atoms with Crippen molar-refractivity contribution in [2.24, 2.45) is 11.8 Å². The van der Waals surface area contributed by atoms with E-state index in [1.807, 2.05) is 32.9 Å². The van der Waals surface area contributed by atoms with Crippen molar-refractivity contribution in [1.29, 1.82) is 0 Å². The Balaban J connectivity index is 0.000000231. The van der Waals surface area contributed by atoms with Crippen LogP contribution in [0.5, 0.6) is 0 Å². The number of ether oxygens (including phenoxy) is 1. The first-order valence-electron chi connectivity index (χ1n) is 14.2. The predicted octanol–water partition coefficient (Wildman–Crippen LogP) is 3.48. The van der Waals surface area contributed by atoms with Crippen molar-refractivity contribution in [3.05, 3.63) is 24.3 Å². The zero-order valence-corrected chi connectivity index (χ0v) is 24.2. The number of carbonyl (C=O) groups is 3. The number of likely N-dealkylation sites (N-methyl/N-ethyl adjacent to an activating group) is 1. The third kappa shape index (κ3) is 9.69. The Morgan fingerprint density at radius 2 is 1.56 bits per heavy atom. The molecular weight excluding hydrogens is 498 g/mol. The first-order valence-corrected chi connectivity index (χ1v) is 14.2. The first kappa shape index (κ1) is 30.7. The Hall–Kier alpha value is -2.85. The highest BCUT2D eigenvalue weighted by Gasteiger charge is 2.29. The summed E-state index contributed by atoms with van der Waals surface area (Å²) in [7, 11) is 4.29. The van der Waals surface area contributed by atoms with Gasteiger partial charge in [-0.25, -0.2) is 4.79 Å². The topological polar surface area (TPSA) is 114 Å². The van der Waals surface area contributed by atoms with Gasteiger partial charge in [-0.3, -0.25) is 9.59 Å². The number of hydrogen-bond donors (Lipinski definition) is 3. The summed E-state index contributed by atoms with van der Waals surface area (Å²) in [6, 6.07) is 8.93. The van der Waals surface area contributed by atoms with Gasteiger partial charge in [-0.1, -0.05) is 0 Å². The minimum atomic E-state index is -0.774. The highest BCUT2D eigenvalue weighted by atomic mass is 16.6. The molecule has 3 fully saturated rings. The van der Waals surface area contributed by atoms with Gasteiger partial charge in [0.25, 0.3) is 0 Å². The largest absolute Gasteiger partial charge is 0.481 e. The lowest BCUT2D eigenvalue weighted by molar-refractivity contribution is -0.143. The molecule has 0 aromatic heterocycles. The Bertz CT molecular complexity index is 948. The van der Waals surface area contributed by atoms with Crippen LogP contribution in [0.3, 0.4) is 0 Å². The van der Waals surface area contributed by atoms with Gasteiger partial charge in [-0.15, -0.1) is 0 Å². The highest BCUT2D eigenvalue weighted by Crippen LogP contribution is 2.24. The number of amides is 2. The molecule has 0 radical (unpaired) electrons. The van der Waals surface area contributed by atoms with E-state index in [1.165, 1.54) is 12.1 Å². The predicted molar refractivity (Wildman–Crippen MR) is 153 cm³/mol. The van der Waals surface area contributed by atoms with Crippen molar-refractivity contribution in [3.63, 3.8) is 0 Å². The normalized spacial score (nSPS) is 20.8. The van der Waals surface area contributed by atoms with E-state index in [4.69, 9.17) is 9.84 Å². The van der Waals surface area contributed by atoms with Gasteiger partial charge in [-0.2, -0.15) is 0 Å². The van der Waals surface area contributed by atoms with Gasteiger partial charge in [-0.05, 0) is 104 Å². The molecule has 218 valence electrons. The van der Waals surface area contributed by atoms with E-state index in [-0.39, 0.29) is 23.8 Å². The number of likely N-dealkylation sites (tertiary alicyclic amines) is 1. The average Bonchev–Trinajstić information content (AvgIpc) is 3.40. The lowest BCUT2D eigenvalue weighted by atomic mass is 9.97. The molecule has 4 rings (SSSR count). The molecule has 1 aromatic rings. The number of benzene rings is 1. The fourth-order valence-electron chi connectivity index (χ4n) is 5.12. The number of carboxylic acids is 1. The zero-order valence-electron chi connectivity index (χ0n) is 24.2. The second kappa shape index (κ2) is 14.0. The maximum Gasteiger partial charge on any atom is 0.410 e. The molecular formula is C29H47N5O5. The number of rotatable bonds is 5. The number of nitrogens with zero attached hydrogens (tertiary/aromatic N) is 3. The molecule has 3 saturated heterocycles. The lowest BCUT2D eigenvalue weighted by Crippen LogP contribution is -2.42. The number of piperidine rings is 2. The second-order valence-corrected chi connectivity index (χ2v) is 12.0. The van der Waals surface area contributed by atoms with Gasteiger partial charge in [0.05, 0.1) is 5.92 Å². The number of nitrogens with one attached hydrogen (secondary N) is 2. The van der Waals surface area contributed by atoms with E-state index in [0.717, 1.165) is 44.7 Å². The summed E-state index contributed by atoms with van der Waals surface area (Å²) >= 11 is 0. The van der Waals surface area contributed by atoms with Crippen molar-refractivity contribution in [2.45, 2.75) is 64.5 Å². The van der Waals surface area contributed by atoms with Gasteiger partial charge >= 0.3 is 12.1 Å². The van der Waals surface area contributed by atoms with Crippen LogP contribution in [-0.2, 0) is 14.3 Å². The molecule has 1 aromatic carbocycles. The van der Waals surface area contributed by atoms with Crippen LogP contribution in [0.1, 0.15) is 52.9 Å². The van der Waals surface area contributed by atoms with Crippen molar-refractivity contribution in [2.75, 3.05) is 63.6 Å². The number of carboxylic acid groups (broad SMARTS) is 1. The molecule has 10 nitrogen and oxygen atoms in total. The maximum absolute atomic E-state index is 12.3. The first-order chi connectivity index (χ1) is 18.4. The van der Waals surface area contributed by atoms with Crippen LogP contribution in [-0.4, -0.2) is 97.9 Å². The van der Waals surface area contributed by atoms with Crippen molar-refractivity contribution >= 4 is 29.3 Å². The molecule has 3 aliphatic heterocycles. The summed E-state index contributed by atoms with van der Waals surface area (Å²) in [6.45, 7) is 10.4. The molecule has 0 aliphatic carbocycles. The Labute approximate surface area is 233 Å². The van der Waals surface area contributed by atoms with Gasteiger partial charge in [0.1, 0.15) is 5.60 Å². The Morgan fingerprint density at radius 3 is 2.08 bits per heavy atom. The highest BCUT2D eigenvalue weighted by molar-refractivity contribution is 5.92. The van der Waals surface area contributed by atoms with E-state index < -0.39 is 11.6 Å². The van der Waals surface area contributed by atoms with Crippen molar-refractivity contribution in [1.82, 2.24) is 15.1 Å². The molecule has 1 atom stereocenters. The van der Waals surface area contributed by atoms with Crippen LogP contribution in [0.2, 0.25) is 0 Å². The summed E-state index contributed by atoms with van der Waals surface area (Å²) in [5.41, 5.74) is 1.65. The fraction of sp³-hybridized carbons (Fsp3) is 0.690. The molecule has 39 heavy (non-hydrogen) atoms. The van der Waals surface area contributed by atoms with Crippen LogP contribution in [0.15, 0.2) is 24.3 Å². The summed E-state index contributed by atoms with van der Waals surface area (Å²) in [6.07, 6.45) is 3.74. The quantitative estimate of drug-likeness (QED) is 0.515. The van der Waals surface area contributed by atoms with E-state index in [0.29, 0.717) is 32.0 Å². The number of carbonyl (C=O) groups excluding carboxylic acids is 2. The summed E-state index contributed by atoms with van der Waals surface area (Å²) in [5.74, 6) is -0.786. The fourth-order valence-corrected chi connectivity index (χ4v) is 5.12. The molecule has 3 N–H and O–H groups in total. The Kier molecular flexibility index (Phi) is 11.0. The van der Waals surface area contributed by atoms with E-state index in [2.05, 4.69) is 46.7 Å². The van der Waals surface area contributed by atoms with Crippen molar-refractivity contribution in [3.8, 4) is 0 Å². The molecule has 0 bridgehead atoms. The number of anilines is 2. The van der Waals surface area contributed by atoms with Crippen molar-refractivity contribution < 1.29 is 24.2 Å². The molecule has 10 heteroatoms. The maximum atomic E-state index is 12.3. The van der Waals surface area contributed by atoms with Crippen LogP contribution >= 0.6 is 0 Å². The Morgan fingerprint density at radius 1 is 0.949 bits per heavy atom. The summed E-state index contributed by atoms with van der Waals surface area (Å²) < 4.78 is 5.21. The monoisotopic (exact) mass is 545 g/mol. The molecule has 0 saturated carbocycles. The van der Waals surface area contributed by atoms with Crippen LogP contribution in [0, 0.1) is 11.8 Å². The zero-order chi connectivity index (χ0) is 28.6. The minimum Gasteiger partial charge on any atom is -0.481 e. The number of aliphatic carboxylic acids is 1. The second-order valence-electron chi connectivity index (χ2n) is 12.0. The smallest absolute Gasteiger partial charge is 0.410 e. The number of hydrogen-bond acceptors (Lipinski definition) is 7. The van der Waals surface area contributed by atoms with E-state index >= 15 is 0 Å². The molecule has 1 unspecified atom stereocenters. The van der Waals surface area contributed by atoms with Gasteiger partial charge in [0.15, 0.2) is 0 Å². The third-order valence-corrected chi connectivity index (χ3v) is 7.60.